The summed E-state index contributed by atoms with van der Waals surface area (Å²) in [6.45, 7) is 0.527. The zero-order valence-electron chi connectivity index (χ0n) is 9.96. The van der Waals surface area contributed by atoms with Gasteiger partial charge in [0.15, 0.2) is 11.5 Å². The molecule has 7 nitrogen and oxygen atoms in total. The Balaban J connectivity index is 1.80. The lowest BCUT2D eigenvalue weighted by atomic mass is 10.1. The van der Waals surface area contributed by atoms with Gasteiger partial charge in [0.25, 0.3) is 0 Å². The lowest BCUT2D eigenvalue weighted by Gasteiger charge is -2.19. The molecule has 0 radical (unpaired) electrons. The molecule has 3 rings (SSSR count). The van der Waals surface area contributed by atoms with Crippen molar-refractivity contribution in [2.24, 2.45) is 0 Å². The number of urea groups is 1. The minimum absolute atomic E-state index is 0.124. The predicted molar refractivity (Wildman–Crippen MR) is 62.9 cm³/mol. The molecule has 1 saturated heterocycles. The smallest absolute Gasteiger partial charge is 0.328 e. The fraction of sp³-hybridized carbons (Fsp3) is 0.333. The van der Waals surface area contributed by atoms with Crippen molar-refractivity contribution in [2.75, 3.05) is 13.3 Å². The van der Waals surface area contributed by atoms with Crippen LogP contribution in [0.5, 0.6) is 11.5 Å². The number of carbonyl (C=O) groups excluding carboxylic acids is 1. The summed E-state index contributed by atoms with van der Waals surface area (Å²) in [6, 6.07) is 4.09. The second-order valence-corrected chi connectivity index (χ2v) is 4.36. The van der Waals surface area contributed by atoms with Crippen LogP contribution in [0.2, 0.25) is 0 Å². The van der Waals surface area contributed by atoms with Gasteiger partial charge in [0.05, 0.1) is 6.54 Å². The van der Waals surface area contributed by atoms with Crippen molar-refractivity contribution in [1.29, 1.82) is 0 Å². The Bertz CT molecular complexity index is 545. The van der Waals surface area contributed by atoms with Crippen molar-refractivity contribution in [2.45, 2.75) is 12.6 Å². The second-order valence-electron chi connectivity index (χ2n) is 4.36. The highest BCUT2D eigenvalue weighted by Crippen LogP contribution is 2.33. The monoisotopic (exact) mass is 264 g/mol. The lowest BCUT2D eigenvalue weighted by Crippen LogP contribution is -2.38. The number of nitrogens with one attached hydrogen (secondary N) is 1. The third kappa shape index (κ3) is 2.03. The summed E-state index contributed by atoms with van der Waals surface area (Å²) in [7, 11) is 0. The highest BCUT2D eigenvalue weighted by atomic mass is 16.7. The van der Waals surface area contributed by atoms with E-state index in [2.05, 4.69) is 5.32 Å². The van der Waals surface area contributed by atoms with E-state index in [9.17, 15) is 9.59 Å². The van der Waals surface area contributed by atoms with E-state index in [1.165, 1.54) is 4.90 Å². The molecule has 1 fully saturated rings. The Morgan fingerprint density at radius 2 is 2.21 bits per heavy atom. The standard InChI is InChI=1S/C12H12N2O5/c15-11(16)8-4-13-12(17)14(8)5-7-1-2-9-10(3-7)19-6-18-9/h1-3,8H,4-6H2,(H,13,17)(H,15,16). The van der Waals surface area contributed by atoms with Gasteiger partial charge in [0, 0.05) is 6.54 Å². The number of ether oxygens (including phenoxy) is 2. The van der Waals surface area contributed by atoms with E-state index >= 15 is 0 Å². The zero-order valence-corrected chi connectivity index (χ0v) is 9.96. The first kappa shape index (κ1) is 11.6. The molecular formula is C12H12N2O5. The quantitative estimate of drug-likeness (QED) is 0.824. The van der Waals surface area contributed by atoms with Crippen LogP contribution in [0.3, 0.4) is 0 Å². The van der Waals surface area contributed by atoms with Crippen molar-refractivity contribution in [1.82, 2.24) is 10.2 Å². The Hall–Kier alpha value is -2.44. The SMILES string of the molecule is O=C(O)C1CNC(=O)N1Cc1ccc2c(c1)OCO2. The van der Waals surface area contributed by atoms with Crippen molar-refractivity contribution < 1.29 is 24.2 Å². The van der Waals surface area contributed by atoms with E-state index in [4.69, 9.17) is 14.6 Å². The largest absolute Gasteiger partial charge is 0.480 e. The first-order valence-electron chi connectivity index (χ1n) is 5.81. The van der Waals surface area contributed by atoms with Crippen LogP contribution in [0, 0.1) is 0 Å². The highest BCUT2D eigenvalue weighted by Gasteiger charge is 2.35. The van der Waals surface area contributed by atoms with Crippen LogP contribution in [-0.4, -0.2) is 41.4 Å². The molecule has 7 heteroatoms. The van der Waals surface area contributed by atoms with E-state index in [0.29, 0.717) is 11.5 Å². The van der Waals surface area contributed by atoms with Crippen LogP contribution in [0.1, 0.15) is 5.56 Å². The van der Waals surface area contributed by atoms with E-state index in [0.717, 1.165) is 5.56 Å². The molecule has 0 aliphatic carbocycles. The molecule has 1 unspecified atom stereocenters. The molecular weight excluding hydrogens is 252 g/mol. The topological polar surface area (TPSA) is 88.1 Å². The van der Waals surface area contributed by atoms with Crippen LogP contribution < -0.4 is 14.8 Å². The third-order valence-corrected chi connectivity index (χ3v) is 3.16. The fourth-order valence-electron chi connectivity index (χ4n) is 2.18. The Morgan fingerprint density at radius 1 is 1.42 bits per heavy atom. The summed E-state index contributed by atoms with van der Waals surface area (Å²) < 4.78 is 10.4. The average molecular weight is 264 g/mol. The molecule has 2 aliphatic rings. The second kappa shape index (κ2) is 4.34. The van der Waals surface area contributed by atoms with Crippen molar-refractivity contribution >= 4 is 12.0 Å². The lowest BCUT2D eigenvalue weighted by molar-refractivity contribution is -0.141. The molecule has 1 atom stereocenters. The maximum Gasteiger partial charge on any atom is 0.328 e. The van der Waals surface area contributed by atoms with Crippen LogP contribution >= 0.6 is 0 Å². The number of carboxylic acids is 1. The predicted octanol–water partition coefficient (Wildman–Crippen LogP) is 0.394. The summed E-state index contributed by atoms with van der Waals surface area (Å²) >= 11 is 0. The van der Waals surface area contributed by atoms with Crippen LogP contribution in [0.4, 0.5) is 4.79 Å². The van der Waals surface area contributed by atoms with Crippen LogP contribution in [-0.2, 0) is 11.3 Å². The number of nitrogens with zero attached hydrogens (tertiary/aromatic N) is 1. The summed E-state index contributed by atoms with van der Waals surface area (Å²) in [5, 5.41) is 11.6. The summed E-state index contributed by atoms with van der Waals surface area (Å²) in [4.78, 5) is 24.0. The Labute approximate surface area is 108 Å². The van der Waals surface area contributed by atoms with Gasteiger partial charge in [-0.3, -0.25) is 0 Å². The molecule has 0 bridgehead atoms. The van der Waals surface area contributed by atoms with E-state index in [-0.39, 0.29) is 25.9 Å². The van der Waals surface area contributed by atoms with Gasteiger partial charge in [0.2, 0.25) is 6.79 Å². The summed E-state index contributed by atoms with van der Waals surface area (Å²) in [5.41, 5.74) is 0.799. The molecule has 1 aromatic carbocycles. The molecule has 0 saturated carbocycles. The third-order valence-electron chi connectivity index (χ3n) is 3.16. The first-order valence-corrected chi connectivity index (χ1v) is 5.81. The molecule has 0 spiro atoms. The minimum Gasteiger partial charge on any atom is -0.480 e. The number of hydrogen-bond donors (Lipinski definition) is 2. The number of aliphatic carboxylic acids is 1. The molecule has 2 amide bonds. The van der Waals surface area contributed by atoms with Crippen LogP contribution in [0.15, 0.2) is 18.2 Å². The normalized spacial score (nSPS) is 20.5. The van der Waals surface area contributed by atoms with E-state index < -0.39 is 12.0 Å². The van der Waals surface area contributed by atoms with Crippen molar-refractivity contribution in [3.63, 3.8) is 0 Å². The molecule has 2 heterocycles. The molecule has 2 aliphatic heterocycles. The molecule has 2 N–H and O–H groups in total. The number of carboxylic acid groups (broad SMARTS) is 1. The number of amides is 2. The van der Waals surface area contributed by atoms with Crippen LogP contribution in [0.25, 0.3) is 0 Å². The summed E-state index contributed by atoms with van der Waals surface area (Å²) in [5.74, 6) is 0.257. The Morgan fingerprint density at radius 3 is 3.00 bits per heavy atom. The zero-order chi connectivity index (χ0) is 13.4. The van der Waals surface area contributed by atoms with Gasteiger partial charge in [-0.15, -0.1) is 0 Å². The molecule has 19 heavy (non-hydrogen) atoms. The number of benzene rings is 1. The maximum atomic E-state index is 11.6. The van der Waals surface area contributed by atoms with Gasteiger partial charge in [-0.1, -0.05) is 6.07 Å². The fourth-order valence-corrected chi connectivity index (χ4v) is 2.18. The number of hydrogen-bond acceptors (Lipinski definition) is 4. The van der Waals surface area contributed by atoms with Gasteiger partial charge in [-0.05, 0) is 17.7 Å². The van der Waals surface area contributed by atoms with Crippen molar-refractivity contribution in [3.05, 3.63) is 23.8 Å². The molecule has 100 valence electrons. The number of fused-ring (bicyclic) bond motifs is 1. The Kier molecular flexibility index (Phi) is 2.66. The average Bonchev–Trinajstić information content (AvgIpc) is 2.97. The number of rotatable bonds is 3. The van der Waals surface area contributed by atoms with Gasteiger partial charge >= 0.3 is 12.0 Å². The van der Waals surface area contributed by atoms with Crippen molar-refractivity contribution in [3.8, 4) is 11.5 Å². The minimum atomic E-state index is -1.01. The summed E-state index contributed by atoms with van der Waals surface area (Å²) in [6.07, 6.45) is 0. The van der Waals surface area contributed by atoms with Gasteiger partial charge in [-0.2, -0.15) is 0 Å². The maximum absolute atomic E-state index is 11.6. The highest BCUT2D eigenvalue weighted by molar-refractivity contribution is 5.86. The molecule has 0 aromatic heterocycles. The van der Waals surface area contributed by atoms with Gasteiger partial charge in [-0.25, -0.2) is 9.59 Å². The molecule has 1 aromatic rings. The van der Waals surface area contributed by atoms with Gasteiger partial charge < -0.3 is 24.8 Å². The van der Waals surface area contributed by atoms with E-state index in [1.54, 1.807) is 18.2 Å². The van der Waals surface area contributed by atoms with Gasteiger partial charge in [0.1, 0.15) is 6.04 Å². The number of carbonyl (C=O) groups is 2. The van der Waals surface area contributed by atoms with E-state index in [1.807, 2.05) is 0 Å². The first-order chi connectivity index (χ1) is 9.15.